The summed E-state index contributed by atoms with van der Waals surface area (Å²) in [7, 11) is 0. The number of unbranched alkanes of at least 4 members (excludes halogenated alkanes) is 7. The zero-order valence-electron chi connectivity index (χ0n) is 32.2. The first-order chi connectivity index (χ1) is 26.2. The molecule has 6 rings (SSSR count). The molecule has 0 radical (unpaired) electrons. The number of anilines is 3. The maximum absolute atomic E-state index is 6.03. The van der Waals surface area contributed by atoms with E-state index in [1.807, 2.05) is 6.92 Å². The summed E-state index contributed by atoms with van der Waals surface area (Å²) in [4.78, 5) is 2.31. The minimum Gasteiger partial charge on any atom is -0.494 e. The number of para-hydroxylation sites is 1. The van der Waals surface area contributed by atoms with Crippen molar-refractivity contribution in [1.82, 2.24) is 0 Å². The molecule has 0 aliphatic heterocycles. The number of hydrogen-bond acceptors (Lipinski definition) is 3. The Bertz CT molecular complexity index is 1910. The molecular weight excluding hydrogens is 647 g/mol. The third kappa shape index (κ3) is 9.17. The van der Waals surface area contributed by atoms with Gasteiger partial charge in [-0.2, -0.15) is 0 Å². The fourth-order valence-corrected chi connectivity index (χ4v) is 8.05. The summed E-state index contributed by atoms with van der Waals surface area (Å²) in [5.41, 5.74) is 11.9. The molecule has 0 bridgehead atoms. The van der Waals surface area contributed by atoms with Crippen molar-refractivity contribution in [3.05, 3.63) is 132 Å². The maximum atomic E-state index is 6.03. The highest BCUT2D eigenvalue weighted by atomic mass is 16.5. The molecule has 3 heteroatoms. The van der Waals surface area contributed by atoms with E-state index in [1.54, 1.807) is 11.1 Å². The van der Waals surface area contributed by atoms with E-state index in [4.69, 9.17) is 9.47 Å². The fraction of sp³-hybridized carbons (Fsp3) is 0.360. The minimum absolute atomic E-state index is 0.0844. The predicted octanol–water partition coefficient (Wildman–Crippen LogP) is 14.2. The zero-order chi connectivity index (χ0) is 36.7. The van der Waals surface area contributed by atoms with Gasteiger partial charge in [-0.1, -0.05) is 138 Å². The van der Waals surface area contributed by atoms with Gasteiger partial charge in [-0.3, -0.25) is 0 Å². The van der Waals surface area contributed by atoms with Crippen LogP contribution in [-0.4, -0.2) is 13.2 Å². The van der Waals surface area contributed by atoms with Gasteiger partial charge in [0.25, 0.3) is 0 Å². The summed E-state index contributed by atoms with van der Waals surface area (Å²) in [5, 5.41) is 0. The molecule has 0 heterocycles. The zero-order valence-corrected chi connectivity index (χ0v) is 32.2. The van der Waals surface area contributed by atoms with Gasteiger partial charge in [-0.15, -0.1) is 0 Å². The van der Waals surface area contributed by atoms with Crippen LogP contribution in [0.1, 0.15) is 109 Å². The first-order valence-electron chi connectivity index (χ1n) is 20.2. The Morgan fingerprint density at radius 1 is 0.547 bits per heavy atom. The van der Waals surface area contributed by atoms with Gasteiger partial charge in [-0.05, 0) is 114 Å². The number of fused-ring (bicyclic) bond motifs is 3. The summed E-state index contributed by atoms with van der Waals surface area (Å²) in [6, 6.07) is 44.7. The van der Waals surface area contributed by atoms with Crippen molar-refractivity contribution in [1.29, 1.82) is 0 Å². The van der Waals surface area contributed by atoms with E-state index in [9.17, 15) is 0 Å². The summed E-state index contributed by atoms with van der Waals surface area (Å²) in [5.74, 6) is 3.89. The van der Waals surface area contributed by atoms with Crippen LogP contribution < -0.4 is 9.64 Å². The third-order valence-electron chi connectivity index (χ3n) is 10.8. The van der Waals surface area contributed by atoms with Crippen LogP contribution in [0.25, 0.3) is 22.3 Å². The Kier molecular flexibility index (Phi) is 13.7. The van der Waals surface area contributed by atoms with Crippen molar-refractivity contribution in [3.63, 3.8) is 0 Å². The summed E-state index contributed by atoms with van der Waals surface area (Å²) in [6.45, 7) is 7.81. The lowest BCUT2D eigenvalue weighted by Crippen LogP contribution is -2.25. The molecule has 5 aromatic carbocycles. The van der Waals surface area contributed by atoms with Gasteiger partial charge >= 0.3 is 0 Å². The van der Waals surface area contributed by atoms with Crippen molar-refractivity contribution in [2.45, 2.75) is 103 Å². The highest BCUT2D eigenvalue weighted by molar-refractivity contribution is 5.85. The molecule has 0 amide bonds. The Labute approximate surface area is 319 Å². The van der Waals surface area contributed by atoms with Crippen molar-refractivity contribution < 1.29 is 9.47 Å². The molecule has 53 heavy (non-hydrogen) atoms. The Morgan fingerprint density at radius 2 is 1.15 bits per heavy atom. The second kappa shape index (κ2) is 19.2. The normalized spacial score (nSPS) is 12.4. The Balaban J connectivity index is 1.27. The molecule has 0 atom stereocenters. The minimum atomic E-state index is 0.0844. The molecule has 0 unspecified atom stereocenters. The highest BCUT2D eigenvalue weighted by Crippen LogP contribution is 2.55. The van der Waals surface area contributed by atoms with Gasteiger partial charge in [-0.25, -0.2) is 0 Å². The number of hydrogen-bond donors (Lipinski definition) is 0. The van der Waals surface area contributed by atoms with Crippen LogP contribution in [0.5, 0.6) is 5.75 Å². The van der Waals surface area contributed by atoms with E-state index < -0.39 is 0 Å². The lowest BCUT2D eigenvalue weighted by Gasteiger charge is -2.33. The number of nitrogens with zero attached hydrogens (tertiary/aromatic N) is 1. The molecule has 0 fully saturated rings. The lowest BCUT2D eigenvalue weighted by molar-refractivity contribution is 0.297. The van der Waals surface area contributed by atoms with Gasteiger partial charge in [0.2, 0.25) is 0 Å². The smallest absolute Gasteiger partial charge is 0.119 e. The third-order valence-corrected chi connectivity index (χ3v) is 10.8. The van der Waals surface area contributed by atoms with Crippen molar-refractivity contribution in [2.75, 3.05) is 18.1 Å². The fourth-order valence-electron chi connectivity index (χ4n) is 8.05. The van der Waals surface area contributed by atoms with Crippen LogP contribution in [-0.2, 0) is 10.2 Å². The molecule has 1 aliphatic carbocycles. The van der Waals surface area contributed by atoms with E-state index in [-0.39, 0.29) is 5.41 Å². The molecule has 0 spiro atoms. The average molecular weight is 704 g/mol. The van der Waals surface area contributed by atoms with Gasteiger partial charge < -0.3 is 14.4 Å². The lowest BCUT2D eigenvalue weighted by atomic mass is 9.70. The second-order valence-electron chi connectivity index (χ2n) is 14.4. The van der Waals surface area contributed by atoms with E-state index in [1.165, 1.54) is 86.5 Å². The van der Waals surface area contributed by atoms with Crippen molar-refractivity contribution in [3.8, 4) is 40.0 Å². The largest absolute Gasteiger partial charge is 0.494 e. The van der Waals surface area contributed by atoms with Crippen LogP contribution in [0.3, 0.4) is 0 Å². The van der Waals surface area contributed by atoms with Gasteiger partial charge in [0, 0.05) is 28.9 Å². The van der Waals surface area contributed by atoms with E-state index >= 15 is 0 Å². The van der Waals surface area contributed by atoms with E-state index in [0.717, 1.165) is 35.7 Å². The highest BCUT2D eigenvalue weighted by Gasteiger charge is 2.42. The quantitative estimate of drug-likeness (QED) is 0.0631. The number of ether oxygens (including phenoxy) is 2. The first-order valence-corrected chi connectivity index (χ1v) is 20.2. The molecule has 0 saturated heterocycles. The maximum Gasteiger partial charge on any atom is 0.119 e. The monoisotopic (exact) mass is 703 g/mol. The molecule has 0 saturated carbocycles. The van der Waals surface area contributed by atoms with Crippen LogP contribution in [0.15, 0.2) is 121 Å². The molecule has 3 nitrogen and oxygen atoms in total. The topological polar surface area (TPSA) is 21.7 Å². The molecule has 274 valence electrons. The second-order valence-corrected chi connectivity index (χ2v) is 14.4. The van der Waals surface area contributed by atoms with Crippen molar-refractivity contribution in [2.24, 2.45) is 0 Å². The molecule has 1 aliphatic rings. The van der Waals surface area contributed by atoms with Crippen LogP contribution in [0, 0.1) is 12.0 Å². The van der Waals surface area contributed by atoms with E-state index in [0.29, 0.717) is 13.2 Å². The summed E-state index contributed by atoms with van der Waals surface area (Å²) < 4.78 is 11.1. The Hall–Kier alpha value is -4.94. The van der Waals surface area contributed by atoms with Gasteiger partial charge in [0.15, 0.2) is 0 Å². The van der Waals surface area contributed by atoms with Crippen LogP contribution in [0.2, 0.25) is 0 Å². The molecule has 0 aromatic heterocycles. The number of benzene rings is 5. The number of rotatable bonds is 19. The summed E-state index contributed by atoms with van der Waals surface area (Å²) in [6.07, 6.45) is 17.1. The molecule has 5 aromatic rings. The van der Waals surface area contributed by atoms with Crippen LogP contribution in [0.4, 0.5) is 17.1 Å². The Morgan fingerprint density at radius 3 is 1.83 bits per heavy atom. The molecule has 0 N–H and O–H groups in total. The van der Waals surface area contributed by atoms with Gasteiger partial charge in [0.05, 0.1) is 13.2 Å². The SMILES string of the molecule is CCCCCCC1(CCCCCC)c2ccccc2-c2ccc(-c3ccc(N(c4ccccc4)c4ccc(OCCCC#COCC)cc4)cc3)cc21. The average Bonchev–Trinajstić information content (AvgIpc) is 3.48. The summed E-state index contributed by atoms with van der Waals surface area (Å²) >= 11 is 0. The predicted molar refractivity (Wildman–Crippen MR) is 224 cm³/mol. The van der Waals surface area contributed by atoms with Crippen LogP contribution >= 0.6 is 0 Å². The standard InChI is InChI=1S/C50H57NO2/c1-4-7-9-17-35-50(36-18-10-8-5-2)48-24-16-15-23-46(48)47-34-27-41(39-49(47)50)40-25-28-43(29-26-40)51(42-21-13-11-14-22-42)44-30-32-45(33-31-44)53-38-20-12-19-37-52-6-3/h11,13-16,21-34,39H,4-10,12,17-18,20,35-36,38H2,1-3H3. The van der Waals surface area contributed by atoms with Gasteiger partial charge in [0.1, 0.15) is 11.9 Å². The molecular formula is C50H57NO2. The first kappa shape index (κ1) is 37.8. The van der Waals surface area contributed by atoms with Crippen molar-refractivity contribution >= 4 is 17.1 Å². The van der Waals surface area contributed by atoms with E-state index in [2.05, 4.69) is 152 Å².